The minimum atomic E-state index is -0.603. The van der Waals surface area contributed by atoms with Gasteiger partial charge in [-0.3, -0.25) is 0 Å². The van der Waals surface area contributed by atoms with Gasteiger partial charge in [0.25, 0.3) is 0 Å². The van der Waals surface area contributed by atoms with Gasteiger partial charge in [0.15, 0.2) is 0 Å². The van der Waals surface area contributed by atoms with Crippen LogP contribution in [0.4, 0.5) is 5.69 Å². The summed E-state index contributed by atoms with van der Waals surface area (Å²) < 4.78 is 9.62. The first-order valence-corrected chi connectivity index (χ1v) is 11.1. The largest absolute Gasteiger partial charge is 0.334 e. The van der Waals surface area contributed by atoms with Crippen LogP contribution in [0.5, 0.6) is 0 Å². The third-order valence-corrected chi connectivity index (χ3v) is 6.87. The Morgan fingerprint density at radius 1 is 0.688 bits per heavy atom. The standard InChI is InChI=1S/C30H26N2/c1-22-13-9-12-20-28(22)31-21-32-29(23(31)2)26-18-10-11-19-27(26)30(32,24-14-5-3-6-15-24)25-16-7-4-8-17-25/h3-20H,21H2,1-2H3/i21D. The third-order valence-electron chi connectivity index (χ3n) is 6.87. The van der Waals surface area contributed by atoms with Crippen LogP contribution >= 0.6 is 0 Å². The molecule has 4 aromatic rings. The number of hydrogen-bond donors (Lipinski definition) is 0. The number of aryl methyl sites for hydroxylation is 1. The minimum absolute atomic E-state index is 0.584. The lowest BCUT2D eigenvalue weighted by Crippen LogP contribution is -2.44. The van der Waals surface area contributed by atoms with Gasteiger partial charge in [0.05, 0.1) is 13.7 Å². The van der Waals surface area contributed by atoms with Crippen LogP contribution in [0.25, 0.3) is 5.70 Å². The molecule has 0 aromatic heterocycles. The van der Waals surface area contributed by atoms with E-state index in [1.165, 1.54) is 27.8 Å². The smallest absolute Gasteiger partial charge is 0.118 e. The molecule has 0 saturated heterocycles. The van der Waals surface area contributed by atoms with Crippen molar-refractivity contribution >= 4 is 11.4 Å². The summed E-state index contributed by atoms with van der Waals surface area (Å²) in [5, 5.41) is 0. The van der Waals surface area contributed by atoms with Gasteiger partial charge in [0.2, 0.25) is 0 Å². The van der Waals surface area contributed by atoms with E-state index in [2.05, 4.69) is 133 Å². The number of para-hydroxylation sites is 1. The summed E-state index contributed by atoms with van der Waals surface area (Å²) in [5.74, 6) is 0. The van der Waals surface area contributed by atoms with Gasteiger partial charge < -0.3 is 9.80 Å². The number of nitrogens with zero attached hydrogens (tertiary/aromatic N) is 2. The van der Waals surface area contributed by atoms with Gasteiger partial charge in [-0.05, 0) is 42.2 Å². The van der Waals surface area contributed by atoms with E-state index in [0.29, 0.717) is 0 Å². The van der Waals surface area contributed by atoms with Crippen molar-refractivity contribution in [2.75, 3.05) is 11.5 Å². The number of hydrogen-bond acceptors (Lipinski definition) is 2. The van der Waals surface area contributed by atoms with Gasteiger partial charge in [-0.15, -0.1) is 0 Å². The fraction of sp³-hybridized carbons (Fsp3) is 0.133. The Kier molecular flexibility index (Phi) is 3.98. The van der Waals surface area contributed by atoms with E-state index in [9.17, 15) is 1.37 Å². The molecule has 0 N–H and O–H groups in total. The van der Waals surface area contributed by atoms with Crippen LogP contribution < -0.4 is 4.90 Å². The van der Waals surface area contributed by atoms with Crippen LogP contribution in [0.1, 0.15) is 36.1 Å². The van der Waals surface area contributed by atoms with Crippen molar-refractivity contribution in [2.45, 2.75) is 19.4 Å². The molecule has 0 bridgehead atoms. The fourth-order valence-electron chi connectivity index (χ4n) is 5.45. The van der Waals surface area contributed by atoms with Crippen molar-refractivity contribution in [3.8, 4) is 0 Å². The molecule has 0 amide bonds. The zero-order valence-electron chi connectivity index (χ0n) is 19.4. The monoisotopic (exact) mass is 415 g/mol. The lowest BCUT2D eigenvalue weighted by atomic mass is 9.77. The molecule has 6 rings (SSSR count). The first-order chi connectivity index (χ1) is 16.2. The average Bonchev–Trinajstić information content (AvgIpc) is 3.31. The molecule has 2 aliphatic heterocycles. The Bertz CT molecular complexity index is 1320. The summed E-state index contributed by atoms with van der Waals surface area (Å²) >= 11 is 0. The van der Waals surface area contributed by atoms with Gasteiger partial charge in [0, 0.05) is 16.9 Å². The van der Waals surface area contributed by atoms with E-state index < -0.39 is 12.2 Å². The fourth-order valence-corrected chi connectivity index (χ4v) is 5.45. The van der Waals surface area contributed by atoms with Gasteiger partial charge in [-0.2, -0.15) is 0 Å². The highest BCUT2D eigenvalue weighted by molar-refractivity contribution is 5.85. The average molecular weight is 416 g/mol. The van der Waals surface area contributed by atoms with Gasteiger partial charge in [0.1, 0.15) is 5.54 Å². The molecule has 0 radical (unpaired) electrons. The maximum absolute atomic E-state index is 9.62. The van der Waals surface area contributed by atoms with Crippen LogP contribution in [-0.4, -0.2) is 11.5 Å². The second-order valence-electron chi connectivity index (χ2n) is 8.56. The summed E-state index contributed by atoms with van der Waals surface area (Å²) in [6, 6.07) is 38.4. The highest BCUT2D eigenvalue weighted by Gasteiger charge is 2.53. The molecule has 0 fully saturated rings. The van der Waals surface area contributed by atoms with Crippen LogP contribution in [0, 0.1) is 6.92 Å². The lowest BCUT2D eigenvalue weighted by Gasteiger charge is -2.41. The minimum Gasteiger partial charge on any atom is -0.334 e. The van der Waals surface area contributed by atoms with Crippen molar-refractivity contribution in [1.82, 2.24) is 4.90 Å². The summed E-state index contributed by atoms with van der Waals surface area (Å²) in [5.41, 5.74) is 8.73. The number of anilines is 1. The predicted octanol–water partition coefficient (Wildman–Crippen LogP) is 6.77. The van der Waals surface area contributed by atoms with Crippen LogP contribution in [-0.2, 0) is 5.54 Å². The van der Waals surface area contributed by atoms with Crippen molar-refractivity contribution in [3.63, 3.8) is 0 Å². The Hall–Kier alpha value is -3.78. The lowest BCUT2D eigenvalue weighted by molar-refractivity contribution is 0.284. The maximum atomic E-state index is 9.62. The van der Waals surface area contributed by atoms with E-state index in [4.69, 9.17) is 0 Å². The van der Waals surface area contributed by atoms with Crippen LogP contribution in [0.2, 0.25) is 0 Å². The van der Waals surface area contributed by atoms with E-state index in [1.807, 2.05) is 0 Å². The molecule has 0 saturated carbocycles. The van der Waals surface area contributed by atoms with E-state index in [1.54, 1.807) is 0 Å². The van der Waals surface area contributed by atoms with Crippen molar-refractivity contribution in [1.29, 1.82) is 0 Å². The summed E-state index contributed by atoms with van der Waals surface area (Å²) in [4.78, 5) is 4.51. The molecule has 2 heterocycles. The zero-order valence-corrected chi connectivity index (χ0v) is 18.4. The highest BCUT2D eigenvalue weighted by Crippen LogP contribution is 2.57. The third kappa shape index (κ3) is 2.47. The SMILES string of the molecule is [2H]C1N(c2ccccc2C)C(C)=C2c3ccccc3C(c3ccccc3)(c3ccccc3)N21. The number of fused-ring (bicyclic) bond motifs is 3. The van der Waals surface area contributed by atoms with Crippen molar-refractivity contribution in [3.05, 3.63) is 143 Å². The predicted molar refractivity (Wildman–Crippen MR) is 132 cm³/mol. The molecule has 2 heteroatoms. The Labute approximate surface area is 191 Å². The number of benzene rings is 4. The molecule has 156 valence electrons. The molecule has 4 aromatic carbocycles. The van der Waals surface area contributed by atoms with E-state index in [0.717, 1.165) is 17.1 Å². The second kappa shape index (κ2) is 7.13. The van der Waals surface area contributed by atoms with Crippen molar-refractivity contribution < 1.29 is 1.37 Å². The van der Waals surface area contributed by atoms with Gasteiger partial charge in [-0.1, -0.05) is 103 Å². The first-order valence-electron chi connectivity index (χ1n) is 11.7. The molecule has 2 nitrogen and oxygen atoms in total. The molecule has 0 aliphatic carbocycles. The zero-order chi connectivity index (χ0) is 22.6. The molecule has 32 heavy (non-hydrogen) atoms. The molecule has 1 atom stereocenters. The highest BCUT2D eigenvalue weighted by atomic mass is 15.4. The Morgan fingerprint density at radius 2 is 1.25 bits per heavy atom. The Balaban J connectivity index is 1.71. The summed E-state index contributed by atoms with van der Waals surface area (Å²) in [6.45, 7) is 3.68. The quantitative estimate of drug-likeness (QED) is 0.364. The Morgan fingerprint density at radius 3 is 1.91 bits per heavy atom. The van der Waals surface area contributed by atoms with Crippen LogP contribution in [0.3, 0.4) is 0 Å². The molecular formula is C30H26N2. The van der Waals surface area contributed by atoms with Gasteiger partial charge >= 0.3 is 0 Å². The second-order valence-corrected chi connectivity index (χ2v) is 8.56. The maximum Gasteiger partial charge on any atom is 0.118 e. The number of allylic oxidation sites excluding steroid dienone is 1. The van der Waals surface area contributed by atoms with Gasteiger partial charge in [-0.25, -0.2) is 0 Å². The molecular weight excluding hydrogens is 388 g/mol. The van der Waals surface area contributed by atoms with E-state index >= 15 is 0 Å². The molecule has 1 unspecified atom stereocenters. The molecule has 0 spiro atoms. The first kappa shape index (κ1) is 17.9. The van der Waals surface area contributed by atoms with E-state index in [-0.39, 0.29) is 0 Å². The summed E-state index contributed by atoms with van der Waals surface area (Å²) in [6.07, 6.45) is 0. The van der Waals surface area contributed by atoms with Crippen LogP contribution in [0.15, 0.2) is 115 Å². The number of rotatable bonds is 3. The normalized spacial score (nSPS) is 19.1. The summed E-state index contributed by atoms with van der Waals surface area (Å²) in [7, 11) is 0. The molecule has 2 aliphatic rings. The topological polar surface area (TPSA) is 6.48 Å². The van der Waals surface area contributed by atoms with Crippen molar-refractivity contribution in [2.24, 2.45) is 0 Å².